The summed E-state index contributed by atoms with van der Waals surface area (Å²) in [5.74, 6) is -0.681. The average molecular weight is 445 g/mol. The third kappa shape index (κ3) is 18.3. The highest BCUT2D eigenvalue weighted by Gasteiger charge is 2.21. The maximum atomic E-state index is 12.1. The Bertz CT molecular complexity index is 560. The Morgan fingerprint density at radius 3 is 1.81 bits per heavy atom. The minimum Gasteiger partial charge on any atom is -0.370 e. The van der Waals surface area contributed by atoms with Gasteiger partial charge in [0.1, 0.15) is 6.04 Å². The Morgan fingerprint density at radius 2 is 1.42 bits per heavy atom. The smallest absolute Gasteiger partial charge is 0.244 e. The van der Waals surface area contributed by atoms with Crippen molar-refractivity contribution in [2.24, 2.45) is 23.3 Å². The number of hydrogen-bond donors (Lipinski definition) is 4. The topological polar surface area (TPSA) is 151 Å². The van der Waals surface area contributed by atoms with Crippen LogP contribution in [-0.4, -0.2) is 86.3 Å². The minimum absolute atomic E-state index is 0.00545. The molecule has 0 spiro atoms. The fourth-order valence-electron chi connectivity index (χ4n) is 2.78. The van der Waals surface area contributed by atoms with Gasteiger partial charge in [0.2, 0.25) is 23.6 Å². The van der Waals surface area contributed by atoms with Crippen LogP contribution in [0.1, 0.15) is 47.5 Å². The zero-order chi connectivity index (χ0) is 24.7. The number of primary amides is 1. The van der Waals surface area contributed by atoms with E-state index in [1.807, 2.05) is 13.8 Å². The molecule has 0 heterocycles. The molecule has 0 fully saturated rings. The predicted octanol–water partition coefficient (Wildman–Crippen LogP) is -0.481. The van der Waals surface area contributed by atoms with Crippen LogP contribution in [0.2, 0.25) is 0 Å². The number of nitrogens with two attached hydrogens (primary N) is 2. The number of amides is 4. The average Bonchev–Trinajstić information content (AvgIpc) is 2.61. The van der Waals surface area contributed by atoms with Gasteiger partial charge in [-0.3, -0.25) is 19.2 Å². The quantitative estimate of drug-likeness (QED) is 0.319. The van der Waals surface area contributed by atoms with Crippen molar-refractivity contribution in [1.29, 1.82) is 0 Å². The number of nitrogens with one attached hydrogen (secondary N) is 2. The Labute approximate surface area is 187 Å². The molecule has 182 valence electrons. The van der Waals surface area contributed by atoms with Crippen LogP contribution in [0.4, 0.5) is 0 Å². The molecule has 0 radical (unpaired) electrons. The molecule has 0 aliphatic carbocycles. The van der Waals surface area contributed by atoms with E-state index < -0.39 is 29.8 Å². The summed E-state index contributed by atoms with van der Waals surface area (Å²) in [6.45, 7) is 11.5. The summed E-state index contributed by atoms with van der Waals surface area (Å²) in [5, 5.41) is 4.88. The number of nitrogens with zero attached hydrogens (tertiary/aromatic N) is 2. The van der Waals surface area contributed by atoms with Crippen LogP contribution in [-0.2, 0) is 19.2 Å². The third-order valence-corrected chi connectivity index (χ3v) is 3.96. The molecule has 0 aliphatic rings. The lowest BCUT2D eigenvalue weighted by Crippen LogP contribution is -2.50. The lowest BCUT2D eigenvalue weighted by molar-refractivity contribution is -0.135. The molecule has 0 saturated carbocycles. The van der Waals surface area contributed by atoms with Crippen molar-refractivity contribution in [2.75, 3.05) is 40.8 Å². The molecule has 4 amide bonds. The van der Waals surface area contributed by atoms with Gasteiger partial charge in [-0.1, -0.05) is 27.7 Å². The summed E-state index contributed by atoms with van der Waals surface area (Å²) in [6.07, 6.45) is 0.103. The molecule has 0 aromatic carbocycles. The van der Waals surface area contributed by atoms with Crippen molar-refractivity contribution in [3.8, 4) is 0 Å². The number of likely N-dealkylation sites (N-methyl/N-ethyl adjacent to an activating group) is 1. The fraction of sp³-hybridized carbons (Fsp3) is 0.810. The minimum atomic E-state index is -0.915. The van der Waals surface area contributed by atoms with Gasteiger partial charge in [0, 0.05) is 20.0 Å². The van der Waals surface area contributed by atoms with Crippen LogP contribution in [0.15, 0.2) is 0 Å². The molecule has 2 unspecified atom stereocenters. The Hall–Kier alpha value is -2.20. The molecule has 31 heavy (non-hydrogen) atoms. The summed E-state index contributed by atoms with van der Waals surface area (Å²) < 4.78 is 0. The van der Waals surface area contributed by atoms with Gasteiger partial charge in [0.25, 0.3) is 0 Å². The Kier molecular flexibility index (Phi) is 16.5. The molecular weight excluding hydrogens is 400 g/mol. The van der Waals surface area contributed by atoms with E-state index in [0.717, 1.165) is 5.92 Å². The van der Waals surface area contributed by atoms with Crippen LogP contribution < -0.4 is 22.1 Å². The predicted molar refractivity (Wildman–Crippen MR) is 123 cm³/mol. The van der Waals surface area contributed by atoms with Crippen molar-refractivity contribution in [2.45, 2.75) is 59.5 Å². The normalized spacial score (nSPS) is 12.6. The van der Waals surface area contributed by atoms with E-state index in [1.165, 1.54) is 6.54 Å². The van der Waals surface area contributed by atoms with E-state index in [9.17, 15) is 19.2 Å². The molecule has 0 aliphatic heterocycles. The number of hydrogen-bond acceptors (Lipinski definition) is 6. The van der Waals surface area contributed by atoms with E-state index in [0.29, 0.717) is 12.5 Å². The van der Waals surface area contributed by atoms with Gasteiger partial charge in [-0.2, -0.15) is 0 Å². The SMILES string of the molecule is CC(C)CN(C)C.CC(C)CN(C)C(=O)C(C)NC(=O)CNC(=O)C(N)CCC(N)=O. The van der Waals surface area contributed by atoms with Crippen molar-refractivity contribution < 1.29 is 19.2 Å². The fourth-order valence-corrected chi connectivity index (χ4v) is 2.78. The first-order valence-corrected chi connectivity index (χ1v) is 10.7. The molecule has 6 N–H and O–H groups in total. The van der Waals surface area contributed by atoms with Crippen LogP contribution in [0.3, 0.4) is 0 Å². The molecule has 0 aromatic heterocycles. The zero-order valence-corrected chi connectivity index (χ0v) is 20.5. The third-order valence-electron chi connectivity index (χ3n) is 3.96. The summed E-state index contributed by atoms with van der Waals surface area (Å²) >= 11 is 0. The lowest BCUT2D eigenvalue weighted by atomic mass is 10.1. The van der Waals surface area contributed by atoms with Gasteiger partial charge in [-0.15, -0.1) is 0 Å². The van der Waals surface area contributed by atoms with E-state index in [1.54, 1.807) is 18.9 Å². The first-order chi connectivity index (χ1) is 14.2. The largest absolute Gasteiger partial charge is 0.370 e. The second-order valence-corrected chi connectivity index (χ2v) is 8.89. The summed E-state index contributed by atoms with van der Waals surface area (Å²) in [6, 6.07) is -1.61. The highest BCUT2D eigenvalue weighted by Crippen LogP contribution is 1.99. The second-order valence-electron chi connectivity index (χ2n) is 8.89. The molecule has 0 saturated heterocycles. The number of carbonyl (C=O) groups is 4. The molecule has 0 bridgehead atoms. The summed E-state index contributed by atoms with van der Waals surface area (Å²) in [7, 11) is 5.87. The van der Waals surface area contributed by atoms with Crippen molar-refractivity contribution >= 4 is 23.6 Å². The van der Waals surface area contributed by atoms with Crippen molar-refractivity contribution in [3.63, 3.8) is 0 Å². The van der Waals surface area contributed by atoms with Crippen LogP contribution >= 0.6 is 0 Å². The van der Waals surface area contributed by atoms with Gasteiger partial charge >= 0.3 is 0 Å². The van der Waals surface area contributed by atoms with Gasteiger partial charge in [-0.25, -0.2) is 0 Å². The molecular formula is C21H44N6O4. The monoisotopic (exact) mass is 444 g/mol. The molecule has 10 heteroatoms. The highest BCUT2D eigenvalue weighted by atomic mass is 16.2. The van der Waals surface area contributed by atoms with Crippen LogP contribution in [0, 0.1) is 11.8 Å². The van der Waals surface area contributed by atoms with Gasteiger partial charge < -0.3 is 31.9 Å². The maximum absolute atomic E-state index is 12.1. The Morgan fingerprint density at radius 1 is 0.903 bits per heavy atom. The second kappa shape index (κ2) is 16.5. The van der Waals surface area contributed by atoms with Gasteiger partial charge in [-0.05, 0) is 45.8 Å². The van der Waals surface area contributed by atoms with Gasteiger partial charge in [0.05, 0.1) is 12.6 Å². The molecule has 10 nitrogen and oxygen atoms in total. The van der Waals surface area contributed by atoms with Crippen LogP contribution in [0.25, 0.3) is 0 Å². The lowest BCUT2D eigenvalue weighted by Gasteiger charge is -2.23. The molecule has 0 rings (SSSR count). The molecule has 0 aromatic rings. The highest BCUT2D eigenvalue weighted by molar-refractivity contribution is 5.91. The standard InChI is InChI=1S/C15H29N5O4.C6H15N/c1-9(2)8-20(4)15(24)10(3)19-13(22)7-18-14(23)11(16)5-6-12(17)21;1-6(2)5-7(3)4/h9-11H,5-8,16H2,1-4H3,(H2,17,21)(H,18,23)(H,19,22);6H,5H2,1-4H3. The number of carbonyl (C=O) groups excluding carboxylic acids is 4. The van der Waals surface area contributed by atoms with Gasteiger partial charge in [0.15, 0.2) is 0 Å². The molecule has 2 atom stereocenters. The first kappa shape index (κ1) is 31.0. The zero-order valence-electron chi connectivity index (χ0n) is 20.5. The van der Waals surface area contributed by atoms with Crippen molar-refractivity contribution in [3.05, 3.63) is 0 Å². The van der Waals surface area contributed by atoms with E-state index in [2.05, 4.69) is 43.5 Å². The summed E-state index contributed by atoms with van der Waals surface area (Å²) in [4.78, 5) is 49.9. The van der Waals surface area contributed by atoms with E-state index in [4.69, 9.17) is 11.5 Å². The van der Waals surface area contributed by atoms with Crippen molar-refractivity contribution in [1.82, 2.24) is 20.4 Å². The van der Waals surface area contributed by atoms with E-state index in [-0.39, 0.29) is 25.3 Å². The summed E-state index contributed by atoms with van der Waals surface area (Å²) in [5.41, 5.74) is 10.5. The first-order valence-electron chi connectivity index (χ1n) is 10.7. The number of rotatable bonds is 12. The maximum Gasteiger partial charge on any atom is 0.244 e. The Balaban J connectivity index is 0. The van der Waals surface area contributed by atoms with Crippen LogP contribution in [0.5, 0.6) is 0 Å². The van der Waals surface area contributed by atoms with E-state index >= 15 is 0 Å².